The van der Waals surface area contributed by atoms with Crippen molar-refractivity contribution in [3.05, 3.63) is 54.4 Å². The third kappa shape index (κ3) is 4.49. The fourth-order valence-electron chi connectivity index (χ4n) is 2.03. The first-order chi connectivity index (χ1) is 10.6. The molecular formula is C17H20N2O2S. The highest BCUT2D eigenvalue weighted by Crippen LogP contribution is 2.20. The summed E-state index contributed by atoms with van der Waals surface area (Å²) in [6, 6.07) is 13.4. The molecule has 0 aliphatic carbocycles. The van der Waals surface area contributed by atoms with Crippen molar-refractivity contribution in [1.82, 2.24) is 9.88 Å². The van der Waals surface area contributed by atoms with Crippen LogP contribution in [-0.4, -0.2) is 35.2 Å². The maximum absolute atomic E-state index is 12.3. The van der Waals surface area contributed by atoms with Gasteiger partial charge < -0.3 is 9.64 Å². The Balaban J connectivity index is 1.93. The highest BCUT2D eigenvalue weighted by molar-refractivity contribution is 7.98. The summed E-state index contributed by atoms with van der Waals surface area (Å²) in [5.41, 5.74) is 0.856. The summed E-state index contributed by atoms with van der Waals surface area (Å²) < 4.78 is 5.71. The normalized spacial score (nSPS) is 11.8. The van der Waals surface area contributed by atoms with Crippen LogP contribution in [0.1, 0.15) is 12.6 Å². The van der Waals surface area contributed by atoms with E-state index in [4.69, 9.17) is 4.74 Å². The Hall–Kier alpha value is -2.01. The lowest BCUT2D eigenvalue weighted by Crippen LogP contribution is -2.37. The largest absolute Gasteiger partial charge is 0.481 e. The first kappa shape index (κ1) is 16.4. The summed E-state index contributed by atoms with van der Waals surface area (Å²) in [7, 11) is 1.76. The monoisotopic (exact) mass is 316 g/mol. The lowest BCUT2D eigenvalue weighted by Gasteiger charge is -2.22. The summed E-state index contributed by atoms with van der Waals surface area (Å²) in [4.78, 5) is 19.4. The van der Waals surface area contributed by atoms with Crippen molar-refractivity contribution in [2.45, 2.75) is 24.5 Å². The SMILES string of the molecule is CSc1ccc(OC(C)C(=O)N(C)Cc2ccccn2)cc1. The number of carbonyl (C=O) groups is 1. The zero-order chi connectivity index (χ0) is 15.9. The highest BCUT2D eigenvalue weighted by atomic mass is 32.2. The van der Waals surface area contributed by atoms with Crippen LogP contribution in [0.4, 0.5) is 0 Å². The molecule has 0 saturated heterocycles. The number of aromatic nitrogens is 1. The average molecular weight is 316 g/mol. The smallest absolute Gasteiger partial charge is 0.263 e. The van der Waals surface area contributed by atoms with Crippen LogP contribution in [0.3, 0.4) is 0 Å². The molecule has 2 aromatic rings. The van der Waals surface area contributed by atoms with Gasteiger partial charge in [0.15, 0.2) is 6.10 Å². The van der Waals surface area contributed by atoms with Gasteiger partial charge in [-0.2, -0.15) is 0 Å². The molecule has 5 heteroatoms. The van der Waals surface area contributed by atoms with E-state index in [1.54, 1.807) is 36.8 Å². The number of ether oxygens (including phenoxy) is 1. The lowest BCUT2D eigenvalue weighted by atomic mass is 10.3. The number of hydrogen-bond acceptors (Lipinski definition) is 4. The van der Waals surface area contributed by atoms with Crippen LogP contribution in [-0.2, 0) is 11.3 Å². The van der Waals surface area contributed by atoms with Crippen molar-refractivity contribution in [3.63, 3.8) is 0 Å². The molecule has 2 rings (SSSR count). The van der Waals surface area contributed by atoms with Gasteiger partial charge in [0, 0.05) is 18.1 Å². The van der Waals surface area contributed by atoms with Gasteiger partial charge in [-0.05, 0) is 49.6 Å². The number of thioether (sulfide) groups is 1. The molecule has 0 bridgehead atoms. The molecule has 0 radical (unpaired) electrons. The van der Waals surface area contributed by atoms with Crippen molar-refractivity contribution in [2.24, 2.45) is 0 Å². The predicted octanol–water partition coefficient (Wildman–Crippen LogP) is 3.23. The van der Waals surface area contributed by atoms with Crippen molar-refractivity contribution in [3.8, 4) is 5.75 Å². The molecule has 22 heavy (non-hydrogen) atoms. The van der Waals surface area contributed by atoms with Crippen LogP contribution >= 0.6 is 11.8 Å². The molecule has 1 aromatic heterocycles. The molecule has 116 valence electrons. The molecule has 1 heterocycles. The molecule has 1 atom stereocenters. The minimum atomic E-state index is -0.533. The Morgan fingerprint density at radius 3 is 2.59 bits per heavy atom. The van der Waals surface area contributed by atoms with Gasteiger partial charge in [0.25, 0.3) is 5.91 Å². The number of likely N-dealkylation sites (N-methyl/N-ethyl adjacent to an activating group) is 1. The molecule has 0 N–H and O–H groups in total. The fourth-order valence-corrected chi connectivity index (χ4v) is 2.44. The Kier molecular flexibility index (Phi) is 5.83. The number of pyridine rings is 1. The number of amides is 1. The molecule has 0 aliphatic heterocycles. The van der Waals surface area contributed by atoms with E-state index in [1.807, 2.05) is 48.7 Å². The summed E-state index contributed by atoms with van der Waals surface area (Å²) in [6.45, 7) is 2.23. The molecule has 0 aliphatic rings. The van der Waals surface area contributed by atoms with E-state index in [-0.39, 0.29) is 5.91 Å². The number of carbonyl (C=O) groups excluding carboxylic acids is 1. The third-order valence-corrected chi connectivity index (χ3v) is 3.97. The number of nitrogens with zero attached hydrogens (tertiary/aromatic N) is 2. The van der Waals surface area contributed by atoms with Gasteiger partial charge >= 0.3 is 0 Å². The maximum atomic E-state index is 12.3. The Morgan fingerprint density at radius 1 is 1.27 bits per heavy atom. The van der Waals surface area contributed by atoms with Gasteiger partial charge in [-0.1, -0.05) is 6.07 Å². The first-order valence-electron chi connectivity index (χ1n) is 7.05. The van der Waals surface area contributed by atoms with E-state index in [1.165, 1.54) is 4.90 Å². The molecule has 4 nitrogen and oxygen atoms in total. The van der Waals surface area contributed by atoms with Gasteiger partial charge in [0.1, 0.15) is 5.75 Å². The van der Waals surface area contributed by atoms with Crippen LogP contribution in [0.2, 0.25) is 0 Å². The third-order valence-electron chi connectivity index (χ3n) is 3.22. The van der Waals surface area contributed by atoms with Gasteiger partial charge in [0.05, 0.1) is 12.2 Å². The van der Waals surface area contributed by atoms with Crippen molar-refractivity contribution < 1.29 is 9.53 Å². The van der Waals surface area contributed by atoms with E-state index in [9.17, 15) is 4.79 Å². The van der Waals surface area contributed by atoms with E-state index in [0.29, 0.717) is 12.3 Å². The van der Waals surface area contributed by atoms with Crippen molar-refractivity contribution >= 4 is 17.7 Å². The molecule has 1 unspecified atom stereocenters. The first-order valence-corrected chi connectivity index (χ1v) is 8.28. The molecule has 1 amide bonds. The van der Waals surface area contributed by atoms with Crippen LogP contribution in [0.15, 0.2) is 53.6 Å². The zero-order valence-corrected chi connectivity index (χ0v) is 13.8. The quantitative estimate of drug-likeness (QED) is 0.767. The minimum absolute atomic E-state index is 0.0698. The highest BCUT2D eigenvalue weighted by Gasteiger charge is 2.19. The second-order valence-corrected chi connectivity index (χ2v) is 5.83. The molecule has 0 fully saturated rings. The van der Waals surface area contributed by atoms with E-state index in [0.717, 1.165) is 5.69 Å². The Morgan fingerprint density at radius 2 is 2.00 bits per heavy atom. The summed E-state index contributed by atoms with van der Waals surface area (Å²) in [6.07, 6.45) is 3.21. The van der Waals surface area contributed by atoms with E-state index in [2.05, 4.69) is 4.98 Å². The molecule has 1 aromatic carbocycles. The average Bonchev–Trinajstić information content (AvgIpc) is 2.55. The van der Waals surface area contributed by atoms with Crippen LogP contribution in [0.25, 0.3) is 0 Å². The predicted molar refractivity (Wildman–Crippen MR) is 89.0 cm³/mol. The van der Waals surface area contributed by atoms with Crippen LogP contribution in [0.5, 0.6) is 5.75 Å². The van der Waals surface area contributed by atoms with Gasteiger partial charge in [-0.15, -0.1) is 11.8 Å². The second kappa shape index (κ2) is 7.84. The Bertz CT molecular complexity index is 602. The molecule has 0 spiro atoms. The fraction of sp³-hybridized carbons (Fsp3) is 0.294. The van der Waals surface area contributed by atoms with Crippen molar-refractivity contribution in [2.75, 3.05) is 13.3 Å². The topological polar surface area (TPSA) is 42.4 Å². The Labute approximate surface area is 135 Å². The van der Waals surface area contributed by atoms with Crippen molar-refractivity contribution in [1.29, 1.82) is 0 Å². The second-order valence-electron chi connectivity index (χ2n) is 4.95. The van der Waals surface area contributed by atoms with Crippen LogP contribution < -0.4 is 4.74 Å². The van der Waals surface area contributed by atoms with Crippen LogP contribution in [0, 0.1) is 0 Å². The number of benzene rings is 1. The maximum Gasteiger partial charge on any atom is 0.263 e. The summed E-state index contributed by atoms with van der Waals surface area (Å²) in [5.74, 6) is 0.629. The van der Waals surface area contributed by atoms with Gasteiger partial charge in [-0.25, -0.2) is 0 Å². The molecule has 0 saturated carbocycles. The lowest BCUT2D eigenvalue weighted by molar-refractivity contribution is -0.137. The summed E-state index contributed by atoms with van der Waals surface area (Å²) >= 11 is 1.67. The standard InChI is InChI=1S/C17H20N2O2S/c1-13(21-15-7-9-16(22-3)10-8-15)17(20)19(2)12-14-6-4-5-11-18-14/h4-11,13H,12H2,1-3H3. The summed E-state index contributed by atoms with van der Waals surface area (Å²) in [5, 5.41) is 0. The van der Waals surface area contributed by atoms with E-state index < -0.39 is 6.10 Å². The van der Waals surface area contributed by atoms with Gasteiger partial charge in [-0.3, -0.25) is 9.78 Å². The number of rotatable bonds is 6. The minimum Gasteiger partial charge on any atom is -0.481 e. The van der Waals surface area contributed by atoms with E-state index >= 15 is 0 Å². The molecular weight excluding hydrogens is 296 g/mol. The zero-order valence-electron chi connectivity index (χ0n) is 13.0. The number of hydrogen-bond donors (Lipinski definition) is 0. The van der Waals surface area contributed by atoms with Gasteiger partial charge in [0.2, 0.25) is 0 Å².